The Morgan fingerprint density at radius 2 is 2.11 bits per heavy atom. The average Bonchev–Trinajstić information content (AvgIpc) is 2.28. The number of halogens is 1. The first-order chi connectivity index (χ1) is 8.37. The minimum Gasteiger partial charge on any atom is -0.494 e. The van der Waals surface area contributed by atoms with Crippen molar-refractivity contribution in [3.63, 3.8) is 0 Å². The standard InChI is InChI=1S/C13H21FN2OS/c1-13(2,3)18-8-11(16-15)9-5-6-12(17-4)10(14)7-9/h5-7,11,16H,8,15H2,1-4H3. The van der Waals surface area contributed by atoms with E-state index in [9.17, 15) is 4.39 Å². The number of thioether (sulfide) groups is 1. The zero-order valence-corrected chi connectivity index (χ0v) is 12.1. The Kier molecular flexibility index (Phi) is 5.44. The topological polar surface area (TPSA) is 47.3 Å². The molecule has 0 heterocycles. The van der Waals surface area contributed by atoms with E-state index in [0.717, 1.165) is 11.3 Å². The van der Waals surface area contributed by atoms with Gasteiger partial charge in [0.1, 0.15) is 0 Å². The molecular weight excluding hydrogens is 251 g/mol. The smallest absolute Gasteiger partial charge is 0.165 e. The van der Waals surface area contributed by atoms with Crippen LogP contribution in [0, 0.1) is 5.82 Å². The van der Waals surface area contributed by atoms with Crippen molar-refractivity contribution in [1.82, 2.24) is 5.43 Å². The zero-order valence-electron chi connectivity index (χ0n) is 11.3. The van der Waals surface area contributed by atoms with Gasteiger partial charge in [0.25, 0.3) is 0 Å². The van der Waals surface area contributed by atoms with Crippen LogP contribution in [0.2, 0.25) is 0 Å². The summed E-state index contributed by atoms with van der Waals surface area (Å²) in [7, 11) is 1.45. The summed E-state index contributed by atoms with van der Waals surface area (Å²) in [5, 5.41) is 0. The minimum absolute atomic E-state index is 0.0744. The number of ether oxygens (including phenoxy) is 1. The van der Waals surface area contributed by atoms with E-state index in [0.29, 0.717) is 0 Å². The summed E-state index contributed by atoms with van der Waals surface area (Å²) in [5.74, 6) is 6.20. The van der Waals surface area contributed by atoms with Crippen LogP contribution >= 0.6 is 11.8 Å². The number of nitrogens with one attached hydrogen (secondary N) is 1. The van der Waals surface area contributed by atoms with Gasteiger partial charge in [-0.15, -0.1) is 0 Å². The Bertz CT molecular complexity index is 393. The van der Waals surface area contributed by atoms with Crippen molar-refractivity contribution < 1.29 is 9.13 Å². The average molecular weight is 272 g/mol. The number of nitrogens with two attached hydrogens (primary N) is 1. The van der Waals surface area contributed by atoms with Crippen molar-refractivity contribution in [1.29, 1.82) is 0 Å². The molecule has 1 unspecified atom stereocenters. The lowest BCUT2D eigenvalue weighted by atomic mass is 10.1. The maximum absolute atomic E-state index is 13.6. The fourth-order valence-electron chi connectivity index (χ4n) is 1.47. The van der Waals surface area contributed by atoms with E-state index in [1.54, 1.807) is 17.8 Å². The lowest BCUT2D eigenvalue weighted by Crippen LogP contribution is -2.30. The van der Waals surface area contributed by atoms with Gasteiger partial charge < -0.3 is 4.74 Å². The van der Waals surface area contributed by atoms with Crippen molar-refractivity contribution in [2.75, 3.05) is 12.9 Å². The normalized spacial score (nSPS) is 13.4. The van der Waals surface area contributed by atoms with E-state index in [2.05, 4.69) is 26.2 Å². The minimum atomic E-state index is -0.365. The van der Waals surface area contributed by atoms with Crippen LogP contribution < -0.4 is 16.0 Å². The molecule has 0 aliphatic heterocycles. The van der Waals surface area contributed by atoms with Gasteiger partial charge in [-0.3, -0.25) is 11.3 Å². The van der Waals surface area contributed by atoms with Crippen molar-refractivity contribution in [2.45, 2.75) is 31.6 Å². The summed E-state index contributed by atoms with van der Waals surface area (Å²) in [4.78, 5) is 0. The first kappa shape index (κ1) is 15.3. The molecule has 0 aromatic heterocycles. The molecule has 3 N–H and O–H groups in total. The van der Waals surface area contributed by atoms with Crippen LogP contribution in [0.3, 0.4) is 0 Å². The molecule has 0 bridgehead atoms. The number of hydrogen-bond acceptors (Lipinski definition) is 4. The second-order valence-corrected chi connectivity index (χ2v) is 6.88. The van der Waals surface area contributed by atoms with E-state index in [1.165, 1.54) is 13.2 Å². The molecule has 1 aromatic carbocycles. The van der Waals surface area contributed by atoms with Gasteiger partial charge in [0.2, 0.25) is 0 Å². The lowest BCUT2D eigenvalue weighted by Gasteiger charge is -2.23. The highest BCUT2D eigenvalue weighted by atomic mass is 32.2. The van der Waals surface area contributed by atoms with Crippen LogP contribution in [-0.2, 0) is 0 Å². The van der Waals surface area contributed by atoms with Gasteiger partial charge in [-0.25, -0.2) is 4.39 Å². The Hall–Kier alpha value is -0.780. The van der Waals surface area contributed by atoms with Crippen LogP contribution in [0.1, 0.15) is 32.4 Å². The molecule has 0 aliphatic carbocycles. The number of benzene rings is 1. The summed E-state index contributed by atoms with van der Waals surface area (Å²) in [6.45, 7) is 6.42. The molecule has 0 saturated carbocycles. The van der Waals surface area contributed by atoms with Crippen LogP contribution in [0.5, 0.6) is 5.75 Å². The van der Waals surface area contributed by atoms with Gasteiger partial charge in [0.15, 0.2) is 11.6 Å². The molecule has 3 nitrogen and oxygen atoms in total. The van der Waals surface area contributed by atoms with Crippen LogP contribution in [0.15, 0.2) is 18.2 Å². The third-order valence-corrected chi connectivity index (χ3v) is 3.83. The number of methoxy groups -OCH3 is 1. The maximum Gasteiger partial charge on any atom is 0.165 e. The SMILES string of the molecule is COc1ccc(C(CSC(C)(C)C)NN)cc1F. The molecule has 5 heteroatoms. The highest BCUT2D eigenvalue weighted by Gasteiger charge is 2.17. The highest BCUT2D eigenvalue weighted by molar-refractivity contribution is 8.00. The van der Waals surface area contributed by atoms with E-state index >= 15 is 0 Å². The fraction of sp³-hybridized carbons (Fsp3) is 0.538. The van der Waals surface area contributed by atoms with E-state index in [4.69, 9.17) is 10.6 Å². The molecule has 0 aliphatic rings. The molecule has 1 aromatic rings. The van der Waals surface area contributed by atoms with Gasteiger partial charge >= 0.3 is 0 Å². The fourth-order valence-corrected chi connectivity index (χ4v) is 2.43. The molecule has 0 amide bonds. The predicted molar refractivity (Wildman–Crippen MR) is 75.2 cm³/mol. The monoisotopic (exact) mass is 272 g/mol. The van der Waals surface area contributed by atoms with Crippen molar-refractivity contribution in [3.8, 4) is 5.75 Å². The van der Waals surface area contributed by atoms with Crippen LogP contribution in [-0.4, -0.2) is 17.6 Å². The molecular formula is C13H21FN2OS. The summed E-state index contributed by atoms with van der Waals surface area (Å²) in [5.41, 5.74) is 3.55. The number of rotatable bonds is 5. The Balaban J connectivity index is 2.79. The molecule has 102 valence electrons. The molecule has 1 atom stereocenters. The third kappa shape index (κ3) is 4.48. The summed E-state index contributed by atoms with van der Waals surface area (Å²) < 4.78 is 18.7. The summed E-state index contributed by atoms with van der Waals surface area (Å²) in [6.07, 6.45) is 0. The van der Waals surface area contributed by atoms with E-state index < -0.39 is 0 Å². The van der Waals surface area contributed by atoms with Crippen molar-refractivity contribution >= 4 is 11.8 Å². The highest BCUT2D eigenvalue weighted by Crippen LogP contribution is 2.29. The molecule has 0 saturated heterocycles. The third-order valence-electron chi connectivity index (χ3n) is 2.46. The number of hydrazine groups is 1. The van der Waals surface area contributed by atoms with Gasteiger partial charge in [0.05, 0.1) is 13.2 Å². The van der Waals surface area contributed by atoms with Gasteiger partial charge in [-0.05, 0) is 17.7 Å². The largest absolute Gasteiger partial charge is 0.494 e. The second-order valence-electron chi connectivity index (χ2n) is 5.04. The van der Waals surface area contributed by atoms with Crippen molar-refractivity contribution in [2.24, 2.45) is 5.84 Å². The molecule has 18 heavy (non-hydrogen) atoms. The number of hydrogen-bond donors (Lipinski definition) is 2. The maximum atomic E-state index is 13.6. The Morgan fingerprint density at radius 1 is 1.44 bits per heavy atom. The zero-order chi connectivity index (χ0) is 13.8. The van der Waals surface area contributed by atoms with Gasteiger partial charge in [-0.1, -0.05) is 26.8 Å². The van der Waals surface area contributed by atoms with Crippen molar-refractivity contribution in [3.05, 3.63) is 29.6 Å². The summed E-state index contributed by atoms with van der Waals surface area (Å²) in [6, 6.07) is 4.84. The molecule has 0 radical (unpaired) electrons. The second kappa shape index (κ2) is 6.41. The lowest BCUT2D eigenvalue weighted by molar-refractivity contribution is 0.385. The predicted octanol–water partition coefficient (Wildman–Crippen LogP) is 2.87. The molecule has 0 spiro atoms. The van der Waals surface area contributed by atoms with Gasteiger partial charge in [-0.2, -0.15) is 11.8 Å². The first-order valence-corrected chi connectivity index (χ1v) is 6.79. The van der Waals surface area contributed by atoms with Crippen LogP contribution in [0.25, 0.3) is 0 Å². The van der Waals surface area contributed by atoms with Gasteiger partial charge in [0, 0.05) is 10.5 Å². The molecule has 0 fully saturated rings. The van der Waals surface area contributed by atoms with E-state index in [-0.39, 0.29) is 22.4 Å². The molecule has 1 rings (SSSR count). The summed E-state index contributed by atoms with van der Waals surface area (Å²) >= 11 is 1.78. The quantitative estimate of drug-likeness (QED) is 0.639. The van der Waals surface area contributed by atoms with Crippen LogP contribution in [0.4, 0.5) is 4.39 Å². The Labute approximate surface area is 112 Å². The first-order valence-electron chi connectivity index (χ1n) is 5.81. The Morgan fingerprint density at radius 3 is 2.56 bits per heavy atom. The van der Waals surface area contributed by atoms with E-state index in [1.807, 2.05) is 6.07 Å².